The Morgan fingerprint density at radius 3 is 2.60 bits per heavy atom. The molecule has 2 rings (SSSR count). The van der Waals surface area contributed by atoms with E-state index in [1.807, 2.05) is 0 Å². The van der Waals surface area contributed by atoms with Crippen LogP contribution in [-0.4, -0.2) is 13.2 Å². The Bertz CT molecular complexity index is 353. The van der Waals surface area contributed by atoms with Crippen molar-refractivity contribution in [1.29, 1.82) is 0 Å². The molecule has 82 valence electrons. The first-order valence-electron chi connectivity index (χ1n) is 4.64. The summed E-state index contributed by atoms with van der Waals surface area (Å²) in [5.74, 6) is -0.657. The summed E-state index contributed by atoms with van der Waals surface area (Å²) >= 11 is 0. The molecule has 0 aliphatic carbocycles. The van der Waals surface area contributed by atoms with Gasteiger partial charge in [0.1, 0.15) is 11.6 Å². The van der Waals surface area contributed by atoms with Crippen LogP contribution in [-0.2, 0) is 0 Å². The van der Waals surface area contributed by atoms with Crippen LogP contribution in [0.2, 0.25) is 0 Å². The van der Waals surface area contributed by atoms with Crippen molar-refractivity contribution < 1.29 is 17.9 Å². The lowest BCUT2D eigenvalue weighted by atomic mass is 9.97. The van der Waals surface area contributed by atoms with Crippen LogP contribution in [0.15, 0.2) is 18.2 Å². The van der Waals surface area contributed by atoms with E-state index in [9.17, 15) is 13.2 Å². The van der Waals surface area contributed by atoms with E-state index in [-0.39, 0.29) is 11.8 Å². The van der Waals surface area contributed by atoms with Gasteiger partial charge in [-0.25, -0.2) is 4.39 Å². The molecule has 0 aromatic heterocycles. The smallest absolute Gasteiger partial charge is 0.387 e. The number of benzene rings is 1. The lowest BCUT2D eigenvalue weighted by Gasteiger charge is -2.28. The highest BCUT2D eigenvalue weighted by Crippen LogP contribution is 2.28. The number of hydrogen-bond acceptors (Lipinski definition) is 2. The standard InChI is InChI=1S/C10H10F3NO/c11-8-5-6(15-10(12)13)1-2-7(8)9-3-4-14-9/h1-2,5,9-10,14H,3-4H2. The molecule has 1 fully saturated rings. The first kappa shape index (κ1) is 10.3. The summed E-state index contributed by atoms with van der Waals surface area (Å²) in [5, 5.41) is 3.03. The van der Waals surface area contributed by atoms with Gasteiger partial charge in [0, 0.05) is 17.7 Å². The van der Waals surface area contributed by atoms with E-state index in [4.69, 9.17) is 0 Å². The van der Waals surface area contributed by atoms with E-state index in [0.29, 0.717) is 5.56 Å². The summed E-state index contributed by atoms with van der Waals surface area (Å²) in [6.45, 7) is -2.06. The quantitative estimate of drug-likeness (QED) is 0.839. The molecule has 2 nitrogen and oxygen atoms in total. The summed E-state index contributed by atoms with van der Waals surface area (Å²) in [5.41, 5.74) is 0.503. The number of rotatable bonds is 3. The van der Waals surface area contributed by atoms with Crippen molar-refractivity contribution in [3.8, 4) is 5.75 Å². The van der Waals surface area contributed by atoms with E-state index >= 15 is 0 Å². The SMILES string of the molecule is Fc1cc(OC(F)F)ccc1C1CCN1. The van der Waals surface area contributed by atoms with Gasteiger partial charge in [0.15, 0.2) is 0 Å². The Morgan fingerprint density at radius 2 is 2.13 bits per heavy atom. The average Bonchev–Trinajstić information content (AvgIpc) is 2.05. The van der Waals surface area contributed by atoms with Crippen molar-refractivity contribution in [2.24, 2.45) is 0 Å². The van der Waals surface area contributed by atoms with Gasteiger partial charge in [0.2, 0.25) is 0 Å². The van der Waals surface area contributed by atoms with Crippen molar-refractivity contribution in [1.82, 2.24) is 5.32 Å². The van der Waals surface area contributed by atoms with Crippen LogP contribution >= 0.6 is 0 Å². The van der Waals surface area contributed by atoms with Crippen molar-refractivity contribution in [3.63, 3.8) is 0 Å². The summed E-state index contributed by atoms with van der Waals surface area (Å²) in [4.78, 5) is 0. The second kappa shape index (κ2) is 4.10. The minimum absolute atomic E-state index is 0.00519. The van der Waals surface area contributed by atoms with Gasteiger partial charge >= 0.3 is 6.61 Å². The van der Waals surface area contributed by atoms with Gasteiger partial charge in [-0.05, 0) is 19.0 Å². The minimum Gasteiger partial charge on any atom is -0.435 e. The molecule has 0 radical (unpaired) electrons. The Morgan fingerprint density at radius 1 is 1.40 bits per heavy atom. The summed E-state index contributed by atoms with van der Waals surface area (Å²) in [7, 11) is 0. The highest BCUT2D eigenvalue weighted by atomic mass is 19.3. The van der Waals surface area contributed by atoms with E-state index < -0.39 is 12.4 Å². The highest BCUT2D eigenvalue weighted by Gasteiger charge is 2.22. The van der Waals surface area contributed by atoms with Crippen molar-refractivity contribution in [2.45, 2.75) is 19.1 Å². The molecule has 1 N–H and O–H groups in total. The number of alkyl halides is 2. The maximum atomic E-state index is 13.4. The molecule has 1 atom stereocenters. The maximum absolute atomic E-state index is 13.4. The Kier molecular flexibility index (Phi) is 2.81. The van der Waals surface area contributed by atoms with Gasteiger partial charge in [0.05, 0.1) is 0 Å². The fourth-order valence-electron chi connectivity index (χ4n) is 1.52. The fraction of sp³-hybridized carbons (Fsp3) is 0.400. The molecule has 0 spiro atoms. The Hall–Kier alpha value is -1.23. The molecule has 5 heteroatoms. The summed E-state index contributed by atoms with van der Waals surface area (Å²) in [6.07, 6.45) is 0.867. The van der Waals surface area contributed by atoms with Gasteiger partial charge in [-0.2, -0.15) is 8.78 Å². The van der Waals surface area contributed by atoms with E-state index in [1.54, 1.807) is 0 Å². The van der Waals surface area contributed by atoms with Crippen LogP contribution in [0.1, 0.15) is 18.0 Å². The topological polar surface area (TPSA) is 21.3 Å². The molecular weight excluding hydrogens is 207 g/mol. The van der Waals surface area contributed by atoms with Gasteiger partial charge in [-0.15, -0.1) is 0 Å². The van der Waals surface area contributed by atoms with Crippen LogP contribution in [0.4, 0.5) is 13.2 Å². The lowest BCUT2D eigenvalue weighted by Crippen LogP contribution is -2.35. The fourth-order valence-corrected chi connectivity index (χ4v) is 1.52. The number of nitrogens with one attached hydrogen (secondary N) is 1. The third kappa shape index (κ3) is 2.23. The molecule has 1 unspecified atom stereocenters. The van der Waals surface area contributed by atoms with Crippen molar-refractivity contribution in [3.05, 3.63) is 29.6 Å². The predicted molar refractivity (Wildman–Crippen MR) is 48.4 cm³/mol. The van der Waals surface area contributed by atoms with Crippen LogP contribution in [0.3, 0.4) is 0 Å². The maximum Gasteiger partial charge on any atom is 0.387 e. The zero-order chi connectivity index (χ0) is 10.8. The van der Waals surface area contributed by atoms with Gasteiger partial charge in [-0.3, -0.25) is 0 Å². The Balaban J connectivity index is 2.14. The first-order chi connectivity index (χ1) is 7.16. The normalized spacial score (nSPS) is 20.1. The largest absolute Gasteiger partial charge is 0.435 e. The monoisotopic (exact) mass is 217 g/mol. The molecule has 0 saturated carbocycles. The lowest BCUT2D eigenvalue weighted by molar-refractivity contribution is -0.0500. The Labute approximate surface area is 85.0 Å². The zero-order valence-corrected chi connectivity index (χ0v) is 7.84. The third-order valence-electron chi connectivity index (χ3n) is 2.40. The molecule has 1 aliphatic rings. The molecule has 15 heavy (non-hydrogen) atoms. The van der Waals surface area contributed by atoms with Crippen molar-refractivity contribution in [2.75, 3.05) is 6.54 Å². The number of hydrogen-bond donors (Lipinski definition) is 1. The van der Waals surface area contributed by atoms with Crippen LogP contribution in [0.5, 0.6) is 5.75 Å². The number of ether oxygens (including phenoxy) is 1. The highest BCUT2D eigenvalue weighted by molar-refractivity contribution is 5.31. The van der Waals surface area contributed by atoms with Gasteiger partial charge in [-0.1, -0.05) is 6.07 Å². The second-order valence-electron chi connectivity index (χ2n) is 3.36. The molecule has 0 bridgehead atoms. The molecule has 1 saturated heterocycles. The van der Waals surface area contributed by atoms with Crippen LogP contribution in [0, 0.1) is 5.82 Å². The predicted octanol–water partition coefficient (Wildman–Crippen LogP) is 2.46. The van der Waals surface area contributed by atoms with E-state index in [2.05, 4.69) is 10.1 Å². The molecule has 1 aromatic carbocycles. The van der Waals surface area contributed by atoms with E-state index in [1.165, 1.54) is 12.1 Å². The van der Waals surface area contributed by atoms with Crippen LogP contribution < -0.4 is 10.1 Å². The molecule has 0 amide bonds. The first-order valence-corrected chi connectivity index (χ1v) is 4.64. The minimum atomic E-state index is -2.92. The van der Waals surface area contributed by atoms with Crippen molar-refractivity contribution >= 4 is 0 Å². The molecule has 1 heterocycles. The molecular formula is C10H10F3NO. The van der Waals surface area contributed by atoms with Gasteiger partial charge < -0.3 is 10.1 Å². The van der Waals surface area contributed by atoms with Crippen LogP contribution in [0.25, 0.3) is 0 Å². The average molecular weight is 217 g/mol. The summed E-state index contributed by atoms with van der Waals surface area (Å²) < 4.78 is 41.2. The van der Waals surface area contributed by atoms with Gasteiger partial charge in [0.25, 0.3) is 0 Å². The number of halogens is 3. The molecule has 1 aliphatic heterocycles. The van der Waals surface area contributed by atoms with E-state index in [0.717, 1.165) is 19.0 Å². The summed E-state index contributed by atoms with van der Waals surface area (Å²) in [6, 6.07) is 3.82. The second-order valence-corrected chi connectivity index (χ2v) is 3.36. The third-order valence-corrected chi connectivity index (χ3v) is 2.40. The zero-order valence-electron chi connectivity index (χ0n) is 7.84. The molecule has 1 aromatic rings.